The second-order valence-corrected chi connectivity index (χ2v) is 3.98. The van der Waals surface area contributed by atoms with Gasteiger partial charge in [0.1, 0.15) is 0 Å². The first-order valence-electron chi connectivity index (χ1n) is 4.19. The van der Waals surface area contributed by atoms with Gasteiger partial charge >= 0.3 is 6.18 Å². The summed E-state index contributed by atoms with van der Waals surface area (Å²) in [5.41, 5.74) is 0.00727. The van der Waals surface area contributed by atoms with E-state index in [2.05, 4.69) is 21.9 Å². The molecule has 0 spiro atoms. The van der Waals surface area contributed by atoms with Gasteiger partial charge in [0.05, 0.1) is 5.56 Å². The fourth-order valence-electron chi connectivity index (χ4n) is 1.14. The van der Waals surface area contributed by atoms with E-state index in [4.69, 9.17) is 6.42 Å². The van der Waals surface area contributed by atoms with E-state index in [-0.39, 0.29) is 5.92 Å². The molecule has 0 aromatic heterocycles. The maximum Gasteiger partial charge on any atom is 0.416 e. The lowest BCUT2D eigenvalue weighted by Crippen LogP contribution is -2.05. The molecule has 1 aromatic carbocycles. The summed E-state index contributed by atoms with van der Waals surface area (Å²) >= 11 is 3.09. The number of benzene rings is 1. The monoisotopic (exact) mass is 276 g/mol. The van der Waals surface area contributed by atoms with Gasteiger partial charge in [-0.05, 0) is 24.6 Å². The molecule has 1 atom stereocenters. The Morgan fingerprint density at radius 3 is 2.40 bits per heavy atom. The highest BCUT2D eigenvalue weighted by Crippen LogP contribution is 2.34. The maximum atomic E-state index is 12.3. The van der Waals surface area contributed by atoms with Crippen LogP contribution in [0.25, 0.3) is 0 Å². The molecule has 0 saturated heterocycles. The molecule has 0 fully saturated rings. The SMILES string of the molecule is C#CC(C)c1ccc(C(F)(F)F)cc1Br. The highest BCUT2D eigenvalue weighted by atomic mass is 79.9. The van der Waals surface area contributed by atoms with Crippen molar-refractivity contribution in [3.8, 4) is 12.3 Å². The summed E-state index contributed by atoms with van der Waals surface area (Å²) in [6.07, 6.45) is 0.885. The van der Waals surface area contributed by atoms with Crippen LogP contribution in [0, 0.1) is 12.3 Å². The molecule has 1 unspecified atom stereocenters. The first kappa shape index (κ1) is 12.1. The predicted molar refractivity (Wildman–Crippen MR) is 56.4 cm³/mol. The molecule has 0 heterocycles. The molecule has 80 valence electrons. The zero-order chi connectivity index (χ0) is 11.6. The number of hydrogen-bond donors (Lipinski definition) is 0. The van der Waals surface area contributed by atoms with E-state index < -0.39 is 11.7 Å². The minimum absolute atomic E-state index is 0.207. The summed E-state index contributed by atoms with van der Waals surface area (Å²) in [5.74, 6) is 2.26. The molecule has 0 radical (unpaired) electrons. The van der Waals surface area contributed by atoms with Crippen LogP contribution in [-0.2, 0) is 6.18 Å². The van der Waals surface area contributed by atoms with Crippen molar-refractivity contribution in [2.75, 3.05) is 0 Å². The number of terminal acetylenes is 1. The normalized spacial score (nSPS) is 13.3. The van der Waals surface area contributed by atoms with Crippen molar-refractivity contribution in [1.82, 2.24) is 0 Å². The van der Waals surface area contributed by atoms with Gasteiger partial charge < -0.3 is 0 Å². The second kappa shape index (κ2) is 4.28. The van der Waals surface area contributed by atoms with Gasteiger partial charge in [0, 0.05) is 10.4 Å². The van der Waals surface area contributed by atoms with E-state index in [9.17, 15) is 13.2 Å². The van der Waals surface area contributed by atoms with E-state index in [1.165, 1.54) is 6.07 Å². The molecule has 1 rings (SSSR count). The van der Waals surface area contributed by atoms with Gasteiger partial charge in [-0.25, -0.2) is 0 Å². The van der Waals surface area contributed by atoms with E-state index in [0.717, 1.165) is 12.1 Å². The van der Waals surface area contributed by atoms with Crippen LogP contribution in [-0.4, -0.2) is 0 Å². The van der Waals surface area contributed by atoms with Crippen molar-refractivity contribution in [2.45, 2.75) is 19.0 Å². The largest absolute Gasteiger partial charge is 0.416 e. The van der Waals surface area contributed by atoms with Crippen molar-refractivity contribution >= 4 is 15.9 Å². The average Bonchev–Trinajstić information content (AvgIpc) is 2.15. The second-order valence-electron chi connectivity index (χ2n) is 3.12. The Kier molecular flexibility index (Phi) is 3.46. The summed E-state index contributed by atoms with van der Waals surface area (Å²) in [4.78, 5) is 0. The highest BCUT2D eigenvalue weighted by Gasteiger charge is 2.30. The lowest BCUT2D eigenvalue weighted by molar-refractivity contribution is -0.137. The van der Waals surface area contributed by atoms with E-state index in [1.54, 1.807) is 6.92 Å². The Bertz CT molecular complexity index is 401. The predicted octanol–water partition coefficient (Wildman–Crippen LogP) is 4.20. The molecule has 0 amide bonds. The third-order valence-electron chi connectivity index (χ3n) is 2.04. The molecular weight excluding hydrogens is 269 g/mol. The number of rotatable bonds is 1. The Morgan fingerprint density at radius 1 is 1.40 bits per heavy atom. The molecule has 15 heavy (non-hydrogen) atoms. The summed E-state index contributed by atoms with van der Waals surface area (Å²) in [6, 6.07) is 3.48. The average molecular weight is 277 g/mol. The fourth-order valence-corrected chi connectivity index (χ4v) is 1.87. The van der Waals surface area contributed by atoms with Gasteiger partial charge in [0.2, 0.25) is 0 Å². The van der Waals surface area contributed by atoms with Crippen LogP contribution in [0.15, 0.2) is 22.7 Å². The third-order valence-corrected chi connectivity index (χ3v) is 2.73. The van der Waals surface area contributed by atoms with Crippen LogP contribution in [0.4, 0.5) is 13.2 Å². The lowest BCUT2D eigenvalue weighted by Gasteiger charge is -2.11. The van der Waals surface area contributed by atoms with Crippen LogP contribution >= 0.6 is 15.9 Å². The Hall–Kier alpha value is -0.950. The van der Waals surface area contributed by atoms with E-state index in [1.807, 2.05) is 0 Å². The standard InChI is InChI=1S/C11H8BrF3/c1-3-7(2)9-5-4-8(6-10(9)12)11(13,14)15/h1,4-7H,2H3. The maximum absolute atomic E-state index is 12.3. The molecule has 0 saturated carbocycles. The highest BCUT2D eigenvalue weighted by molar-refractivity contribution is 9.10. The van der Waals surface area contributed by atoms with Crippen LogP contribution in [0.1, 0.15) is 24.0 Å². The van der Waals surface area contributed by atoms with Crippen LogP contribution in [0.3, 0.4) is 0 Å². The minimum atomic E-state index is -4.32. The molecule has 0 bridgehead atoms. The van der Waals surface area contributed by atoms with Gasteiger partial charge in [-0.3, -0.25) is 0 Å². The first-order chi connectivity index (χ1) is 6.86. The van der Waals surface area contributed by atoms with Crippen molar-refractivity contribution in [3.05, 3.63) is 33.8 Å². The van der Waals surface area contributed by atoms with Crippen molar-refractivity contribution in [2.24, 2.45) is 0 Å². The van der Waals surface area contributed by atoms with Crippen LogP contribution in [0.5, 0.6) is 0 Å². The van der Waals surface area contributed by atoms with Crippen molar-refractivity contribution in [1.29, 1.82) is 0 Å². The molecular formula is C11H8BrF3. The summed E-state index contributed by atoms with van der Waals surface area (Å²) < 4.78 is 37.4. The third kappa shape index (κ3) is 2.75. The molecule has 0 aliphatic rings. The number of hydrogen-bond acceptors (Lipinski definition) is 0. The minimum Gasteiger partial charge on any atom is -0.166 e. The zero-order valence-corrected chi connectivity index (χ0v) is 9.48. The lowest BCUT2D eigenvalue weighted by atomic mass is 10.0. The van der Waals surface area contributed by atoms with Gasteiger partial charge in [0.15, 0.2) is 0 Å². The molecule has 1 aromatic rings. The zero-order valence-electron chi connectivity index (χ0n) is 7.90. The molecule has 0 N–H and O–H groups in total. The molecule has 0 aliphatic heterocycles. The van der Waals surface area contributed by atoms with Crippen LogP contribution in [0.2, 0.25) is 0 Å². The molecule has 0 aliphatic carbocycles. The summed E-state index contributed by atoms with van der Waals surface area (Å²) in [7, 11) is 0. The molecule has 4 heteroatoms. The number of halogens is 4. The summed E-state index contributed by atoms with van der Waals surface area (Å²) in [6.45, 7) is 1.76. The van der Waals surface area contributed by atoms with Crippen LogP contribution < -0.4 is 0 Å². The van der Waals surface area contributed by atoms with Crippen molar-refractivity contribution < 1.29 is 13.2 Å². The summed E-state index contributed by atoms with van der Waals surface area (Å²) in [5, 5.41) is 0. The quantitative estimate of drug-likeness (QED) is 0.675. The van der Waals surface area contributed by atoms with Gasteiger partial charge in [0.25, 0.3) is 0 Å². The number of alkyl halides is 3. The Balaban J connectivity index is 3.16. The Labute approximate surface area is 94.6 Å². The van der Waals surface area contributed by atoms with Gasteiger partial charge in [-0.2, -0.15) is 13.2 Å². The first-order valence-corrected chi connectivity index (χ1v) is 4.98. The topological polar surface area (TPSA) is 0 Å². The van der Waals surface area contributed by atoms with Gasteiger partial charge in [-0.15, -0.1) is 6.42 Å². The Morgan fingerprint density at radius 2 is 2.00 bits per heavy atom. The van der Waals surface area contributed by atoms with E-state index in [0.29, 0.717) is 10.0 Å². The fraction of sp³-hybridized carbons (Fsp3) is 0.273. The smallest absolute Gasteiger partial charge is 0.166 e. The van der Waals surface area contributed by atoms with Gasteiger partial charge in [-0.1, -0.05) is 27.9 Å². The van der Waals surface area contributed by atoms with Crippen molar-refractivity contribution in [3.63, 3.8) is 0 Å². The van der Waals surface area contributed by atoms with E-state index >= 15 is 0 Å². The molecule has 0 nitrogen and oxygen atoms in total.